The predicted octanol–water partition coefficient (Wildman–Crippen LogP) is 3.67. The first-order chi connectivity index (χ1) is 7.64. The summed E-state index contributed by atoms with van der Waals surface area (Å²) < 4.78 is 1.98. The molecule has 0 amide bonds. The summed E-state index contributed by atoms with van der Waals surface area (Å²) in [5, 5.41) is 15.0. The van der Waals surface area contributed by atoms with E-state index in [2.05, 4.69) is 53.6 Å². The standard InChI is InChI=1S/C14H26N2O/c1-9(2)8-16-11(10(3)4)12(17)13(15-16)14(5,6)7/h9-10,17H,8H2,1-7H3. The fourth-order valence-electron chi connectivity index (χ4n) is 2.03. The fourth-order valence-corrected chi connectivity index (χ4v) is 2.03. The predicted molar refractivity (Wildman–Crippen MR) is 71.5 cm³/mol. The zero-order chi connectivity index (χ0) is 13.4. The third-order valence-electron chi connectivity index (χ3n) is 2.76. The largest absolute Gasteiger partial charge is 0.504 e. The monoisotopic (exact) mass is 238 g/mol. The van der Waals surface area contributed by atoms with Crippen molar-refractivity contribution in [1.29, 1.82) is 0 Å². The zero-order valence-electron chi connectivity index (χ0n) is 12.2. The minimum atomic E-state index is -0.115. The van der Waals surface area contributed by atoms with Gasteiger partial charge in [0.25, 0.3) is 0 Å². The van der Waals surface area contributed by atoms with Crippen molar-refractivity contribution in [3.05, 3.63) is 11.4 Å². The summed E-state index contributed by atoms with van der Waals surface area (Å²) >= 11 is 0. The van der Waals surface area contributed by atoms with Crippen LogP contribution < -0.4 is 0 Å². The fraction of sp³-hybridized carbons (Fsp3) is 0.786. The van der Waals surface area contributed by atoms with Crippen molar-refractivity contribution in [1.82, 2.24) is 9.78 Å². The highest BCUT2D eigenvalue weighted by molar-refractivity contribution is 5.38. The van der Waals surface area contributed by atoms with Crippen molar-refractivity contribution < 1.29 is 5.11 Å². The first-order valence-electron chi connectivity index (χ1n) is 6.44. The molecule has 0 aliphatic heterocycles. The van der Waals surface area contributed by atoms with Crippen molar-refractivity contribution in [2.75, 3.05) is 0 Å². The molecule has 1 N–H and O–H groups in total. The van der Waals surface area contributed by atoms with E-state index < -0.39 is 0 Å². The number of nitrogens with zero attached hydrogens (tertiary/aromatic N) is 2. The van der Waals surface area contributed by atoms with Crippen LogP contribution in [0.15, 0.2) is 0 Å². The summed E-state index contributed by atoms with van der Waals surface area (Å²) in [6, 6.07) is 0. The van der Waals surface area contributed by atoms with Gasteiger partial charge in [-0.05, 0) is 11.8 Å². The summed E-state index contributed by atoms with van der Waals surface area (Å²) in [5.74, 6) is 1.20. The highest BCUT2D eigenvalue weighted by Crippen LogP contribution is 2.36. The van der Waals surface area contributed by atoms with Gasteiger partial charge < -0.3 is 5.11 Å². The highest BCUT2D eigenvalue weighted by Gasteiger charge is 2.27. The topological polar surface area (TPSA) is 38.0 Å². The lowest BCUT2D eigenvalue weighted by atomic mass is 9.91. The van der Waals surface area contributed by atoms with E-state index in [1.165, 1.54) is 0 Å². The van der Waals surface area contributed by atoms with Crippen LogP contribution in [0.4, 0.5) is 0 Å². The van der Waals surface area contributed by atoms with Crippen LogP contribution in [0, 0.1) is 5.92 Å². The molecule has 3 nitrogen and oxygen atoms in total. The normalized spacial score (nSPS) is 12.8. The minimum Gasteiger partial charge on any atom is -0.504 e. The molecule has 98 valence electrons. The van der Waals surface area contributed by atoms with Crippen LogP contribution in [0.2, 0.25) is 0 Å². The summed E-state index contributed by atoms with van der Waals surface area (Å²) in [6.45, 7) is 15.6. The Morgan fingerprint density at radius 3 is 2.06 bits per heavy atom. The van der Waals surface area contributed by atoms with Gasteiger partial charge in [0.2, 0.25) is 0 Å². The molecule has 17 heavy (non-hydrogen) atoms. The van der Waals surface area contributed by atoms with Crippen molar-refractivity contribution >= 4 is 0 Å². The van der Waals surface area contributed by atoms with Gasteiger partial charge in [-0.15, -0.1) is 0 Å². The van der Waals surface area contributed by atoms with E-state index in [4.69, 9.17) is 0 Å². The second-order valence-electron chi connectivity index (χ2n) is 6.56. The maximum absolute atomic E-state index is 10.3. The molecule has 0 aliphatic carbocycles. The van der Waals surface area contributed by atoms with Gasteiger partial charge in [-0.1, -0.05) is 48.5 Å². The van der Waals surface area contributed by atoms with Crippen molar-refractivity contribution in [3.8, 4) is 5.75 Å². The van der Waals surface area contributed by atoms with E-state index in [1.807, 2.05) is 4.68 Å². The maximum atomic E-state index is 10.3. The molecule has 1 aromatic heterocycles. The molecule has 0 radical (unpaired) electrons. The van der Waals surface area contributed by atoms with E-state index in [0.717, 1.165) is 17.9 Å². The van der Waals surface area contributed by atoms with Gasteiger partial charge in [0.1, 0.15) is 5.69 Å². The SMILES string of the molecule is CC(C)Cn1nc(C(C)(C)C)c(O)c1C(C)C. The Bertz CT molecular complexity index is 384. The van der Waals surface area contributed by atoms with E-state index in [9.17, 15) is 5.11 Å². The molecule has 0 spiro atoms. The van der Waals surface area contributed by atoms with Crippen molar-refractivity contribution in [3.63, 3.8) is 0 Å². The van der Waals surface area contributed by atoms with Gasteiger partial charge in [-0.25, -0.2) is 0 Å². The lowest BCUT2D eigenvalue weighted by Gasteiger charge is -2.15. The van der Waals surface area contributed by atoms with Crippen molar-refractivity contribution in [2.24, 2.45) is 5.92 Å². The first-order valence-corrected chi connectivity index (χ1v) is 6.44. The van der Waals surface area contributed by atoms with E-state index in [1.54, 1.807) is 0 Å². The molecule has 0 fully saturated rings. The molecular weight excluding hydrogens is 212 g/mol. The Balaban J connectivity index is 3.30. The van der Waals surface area contributed by atoms with Gasteiger partial charge in [0.05, 0.1) is 5.69 Å². The third-order valence-corrected chi connectivity index (χ3v) is 2.76. The molecule has 3 heteroatoms. The summed E-state index contributed by atoms with van der Waals surface area (Å²) in [4.78, 5) is 0. The third kappa shape index (κ3) is 3.02. The number of aromatic nitrogens is 2. The average molecular weight is 238 g/mol. The number of hydrogen-bond donors (Lipinski definition) is 1. The Morgan fingerprint density at radius 1 is 1.18 bits per heavy atom. The van der Waals surface area contributed by atoms with Crippen LogP contribution in [-0.2, 0) is 12.0 Å². The molecule has 0 saturated carbocycles. The zero-order valence-corrected chi connectivity index (χ0v) is 12.2. The second kappa shape index (κ2) is 4.71. The second-order valence-corrected chi connectivity index (χ2v) is 6.56. The molecule has 1 aromatic rings. The maximum Gasteiger partial charge on any atom is 0.160 e. The Labute approximate surface area is 105 Å². The lowest BCUT2D eigenvalue weighted by Crippen LogP contribution is -2.14. The van der Waals surface area contributed by atoms with Crippen LogP contribution in [0.1, 0.15) is 65.8 Å². The lowest BCUT2D eigenvalue weighted by molar-refractivity contribution is 0.433. The van der Waals surface area contributed by atoms with Crippen molar-refractivity contribution in [2.45, 2.75) is 66.3 Å². The van der Waals surface area contributed by atoms with Crippen LogP contribution >= 0.6 is 0 Å². The van der Waals surface area contributed by atoms with Crippen LogP contribution in [-0.4, -0.2) is 14.9 Å². The van der Waals surface area contributed by atoms with Crippen LogP contribution in [0.5, 0.6) is 5.75 Å². The van der Waals surface area contributed by atoms with Gasteiger partial charge in [-0.2, -0.15) is 5.10 Å². The summed E-state index contributed by atoms with van der Waals surface area (Å²) in [6.07, 6.45) is 0. The highest BCUT2D eigenvalue weighted by atomic mass is 16.3. The molecule has 1 rings (SSSR count). The molecule has 0 unspecified atom stereocenters. The molecule has 0 aromatic carbocycles. The Kier molecular flexibility index (Phi) is 3.90. The summed E-state index contributed by atoms with van der Waals surface area (Å²) in [7, 11) is 0. The molecule has 0 bridgehead atoms. The van der Waals surface area contributed by atoms with Crippen LogP contribution in [0.3, 0.4) is 0 Å². The first kappa shape index (κ1) is 14.1. The number of aromatic hydroxyl groups is 1. The smallest absolute Gasteiger partial charge is 0.160 e. The van der Waals surface area contributed by atoms with E-state index in [0.29, 0.717) is 11.7 Å². The summed E-state index contributed by atoms with van der Waals surface area (Å²) in [5.41, 5.74) is 1.65. The molecular formula is C14H26N2O. The number of rotatable bonds is 3. The number of hydrogen-bond acceptors (Lipinski definition) is 2. The quantitative estimate of drug-likeness (QED) is 0.872. The molecule has 0 saturated heterocycles. The average Bonchev–Trinajstić information content (AvgIpc) is 2.40. The van der Waals surface area contributed by atoms with Gasteiger partial charge >= 0.3 is 0 Å². The van der Waals surface area contributed by atoms with Gasteiger partial charge in [0.15, 0.2) is 5.75 Å². The van der Waals surface area contributed by atoms with E-state index >= 15 is 0 Å². The Morgan fingerprint density at radius 2 is 1.71 bits per heavy atom. The van der Waals surface area contributed by atoms with E-state index in [-0.39, 0.29) is 11.3 Å². The minimum absolute atomic E-state index is 0.115. The van der Waals surface area contributed by atoms with Gasteiger partial charge in [-0.3, -0.25) is 4.68 Å². The Hall–Kier alpha value is -0.990. The van der Waals surface area contributed by atoms with Gasteiger partial charge in [0, 0.05) is 12.0 Å². The van der Waals surface area contributed by atoms with Crippen LogP contribution in [0.25, 0.3) is 0 Å². The molecule has 0 atom stereocenters. The molecule has 1 heterocycles. The molecule has 0 aliphatic rings.